The van der Waals surface area contributed by atoms with Crippen LogP contribution in [0.1, 0.15) is 0 Å². The van der Waals surface area contributed by atoms with Gasteiger partial charge in [0.1, 0.15) is 0 Å². The van der Waals surface area contributed by atoms with E-state index in [0.717, 1.165) is 0 Å². The van der Waals surface area contributed by atoms with Gasteiger partial charge in [-0.3, -0.25) is 4.79 Å². The summed E-state index contributed by atoms with van der Waals surface area (Å²) in [5.41, 5.74) is 0. The van der Waals surface area contributed by atoms with Crippen molar-refractivity contribution in [2.75, 3.05) is 6.23 Å². The summed E-state index contributed by atoms with van der Waals surface area (Å²) in [4.78, 5) is 9.65. The molecule has 0 aliphatic rings. The van der Waals surface area contributed by atoms with E-state index in [9.17, 15) is 4.79 Å². The van der Waals surface area contributed by atoms with Crippen molar-refractivity contribution >= 4 is 14.5 Å². The molecule has 0 atom stereocenters. The van der Waals surface area contributed by atoms with Crippen LogP contribution in [0.3, 0.4) is 0 Å². The second kappa shape index (κ2) is 2.87. The first-order valence-electron chi connectivity index (χ1n) is 2.61. The number of rotatable bonds is 3. The Morgan fingerprint density at radius 1 is 1.50 bits per heavy atom. The number of carbonyl (C=O) groups excluding carboxylic acids is 1. The number of hydrogen-bond acceptors (Lipinski definition) is 2. The molecule has 0 aliphatic heterocycles. The Balaban J connectivity index is 3.24. The van der Waals surface area contributed by atoms with Crippen LogP contribution < -0.4 is 0 Å². The van der Waals surface area contributed by atoms with E-state index in [-0.39, 0.29) is 0 Å². The maximum atomic E-state index is 9.65. The third-order valence-electron chi connectivity index (χ3n) is 0.584. The third-order valence-corrected chi connectivity index (χ3v) is 1.62. The highest BCUT2D eigenvalue weighted by Crippen LogP contribution is 1.98. The Bertz CT molecular complexity index is 75.0. The van der Waals surface area contributed by atoms with Crippen molar-refractivity contribution in [3.63, 3.8) is 0 Å². The zero-order valence-electron chi connectivity index (χ0n) is 5.60. The number of hydrogen-bond donors (Lipinski definition) is 0. The summed E-state index contributed by atoms with van der Waals surface area (Å²) in [6.07, 6.45) is 0.635. The lowest BCUT2D eigenvalue weighted by molar-refractivity contribution is -0.127. The van der Waals surface area contributed by atoms with E-state index < -0.39 is 8.07 Å². The fourth-order valence-electron chi connectivity index (χ4n) is 0.284. The minimum atomic E-state index is -1.13. The molecule has 8 heavy (non-hydrogen) atoms. The van der Waals surface area contributed by atoms with E-state index >= 15 is 0 Å². The van der Waals surface area contributed by atoms with Gasteiger partial charge in [0.05, 0.1) is 14.3 Å². The van der Waals surface area contributed by atoms with Crippen molar-refractivity contribution < 1.29 is 9.53 Å². The summed E-state index contributed by atoms with van der Waals surface area (Å²) < 4.78 is 4.58. The molecular weight excluding hydrogens is 120 g/mol. The molecule has 0 rings (SSSR count). The Hall–Kier alpha value is -0.313. The second-order valence-electron chi connectivity index (χ2n) is 2.97. The lowest BCUT2D eigenvalue weighted by atomic mass is 11.5. The fourth-order valence-corrected chi connectivity index (χ4v) is 0.852. The van der Waals surface area contributed by atoms with Gasteiger partial charge in [-0.15, -0.1) is 0 Å². The summed E-state index contributed by atoms with van der Waals surface area (Å²) in [5.74, 6) is 0. The van der Waals surface area contributed by atoms with Gasteiger partial charge in [0.25, 0.3) is 6.47 Å². The van der Waals surface area contributed by atoms with Crippen molar-refractivity contribution in [2.24, 2.45) is 0 Å². The molecule has 0 aromatic carbocycles. The smallest absolute Gasteiger partial charge is 0.292 e. The van der Waals surface area contributed by atoms with E-state index in [1.165, 1.54) is 0 Å². The lowest BCUT2D eigenvalue weighted by Crippen LogP contribution is -2.27. The van der Waals surface area contributed by atoms with Gasteiger partial charge in [0.15, 0.2) is 0 Å². The molecule has 0 amide bonds. The van der Waals surface area contributed by atoms with Crippen LogP contribution in [-0.4, -0.2) is 20.8 Å². The van der Waals surface area contributed by atoms with Crippen LogP contribution >= 0.6 is 0 Å². The number of carbonyl (C=O) groups is 1. The lowest BCUT2D eigenvalue weighted by Gasteiger charge is -2.12. The van der Waals surface area contributed by atoms with Gasteiger partial charge in [-0.2, -0.15) is 0 Å². The molecule has 0 saturated heterocycles. The Kier molecular flexibility index (Phi) is 2.75. The molecule has 2 nitrogen and oxygen atoms in total. The molecule has 0 aromatic rings. The SMILES string of the molecule is C[Si](C)(C)COC=O. The topological polar surface area (TPSA) is 26.3 Å². The summed E-state index contributed by atoms with van der Waals surface area (Å²) in [7, 11) is -1.13. The minimum absolute atomic E-state index is 0.512. The monoisotopic (exact) mass is 132 g/mol. The minimum Gasteiger partial charge on any atom is -0.472 e. The highest BCUT2D eigenvalue weighted by molar-refractivity contribution is 6.76. The van der Waals surface area contributed by atoms with E-state index in [0.29, 0.717) is 12.7 Å². The van der Waals surface area contributed by atoms with Crippen LogP contribution in [0.25, 0.3) is 0 Å². The Labute approximate surface area is 50.9 Å². The Morgan fingerprint density at radius 2 is 2.00 bits per heavy atom. The highest BCUT2D eigenvalue weighted by atomic mass is 28.3. The average Bonchev–Trinajstić information content (AvgIpc) is 1.59. The van der Waals surface area contributed by atoms with E-state index in [1.807, 2.05) is 0 Å². The van der Waals surface area contributed by atoms with Gasteiger partial charge in [0, 0.05) is 0 Å². The summed E-state index contributed by atoms with van der Waals surface area (Å²) in [5, 5.41) is 0. The average molecular weight is 132 g/mol. The molecule has 0 N–H and O–H groups in total. The molecule has 0 aromatic heterocycles. The van der Waals surface area contributed by atoms with Crippen LogP contribution in [0.4, 0.5) is 0 Å². The van der Waals surface area contributed by atoms with Gasteiger partial charge in [-0.1, -0.05) is 19.6 Å². The quantitative estimate of drug-likeness (QED) is 0.423. The first kappa shape index (κ1) is 7.69. The van der Waals surface area contributed by atoms with Crippen LogP contribution in [0.5, 0.6) is 0 Å². The van der Waals surface area contributed by atoms with Gasteiger partial charge < -0.3 is 4.74 Å². The molecule has 0 unspecified atom stereocenters. The third kappa shape index (κ3) is 5.69. The highest BCUT2D eigenvalue weighted by Gasteiger charge is 2.12. The van der Waals surface area contributed by atoms with Gasteiger partial charge >= 0.3 is 0 Å². The van der Waals surface area contributed by atoms with Crippen molar-refractivity contribution in [3.05, 3.63) is 0 Å². The number of ether oxygens (including phenoxy) is 1. The zero-order chi connectivity index (χ0) is 6.62. The molecule has 3 heteroatoms. The Morgan fingerprint density at radius 3 is 2.12 bits per heavy atom. The van der Waals surface area contributed by atoms with Crippen LogP contribution in [0, 0.1) is 0 Å². The van der Waals surface area contributed by atoms with Gasteiger partial charge in [0.2, 0.25) is 0 Å². The van der Waals surface area contributed by atoms with Crippen LogP contribution in [0.2, 0.25) is 19.6 Å². The first-order valence-corrected chi connectivity index (χ1v) is 6.32. The second-order valence-corrected chi connectivity index (χ2v) is 8.38. The molecule has 0 spiro atoms. The molecule has 0 aliphatic carbocycles. The predicted octanol–water partition coefficient (Wildman–Crippen LogP) is 1.04. The van der Waals surface area contributed by atoms with Gasteiger partial charge in [-0.05, 0) is 0 Å². The first-order chi connectivity index (χ1) is 3.56. The molecular formula is C5H12O2Si. The van der Waals surface area contributed by atoms with Crippen molar-refractivity contribution in [1.29, 1.82) is 0 Å². The summed E-state index contributed by atoms with van der Waals surface area (Å²) in [6, 6.07) is 0. The molecule has 0 saturated carbocycles. The molecule has 0 heterocycles. The van der Waals surface area contributed by atoms with E-state index in [2.05, 4.69) is 24.4 Å². The van der Waals surface area contributed by atoms with Crippen molar-refractivity contribution in [3.8, 4) is 0 Å². The largest absolute Gasteiger partial charge is 0.472 e. The van der Waals surface area contributed by atoms with E-state index in [1.54, 1.807) is 0 Å². The van der Waals surface area contributed by atoms with Crippen molar-refractivity contribution in [1.82, 2.24) is 0 Å². The summed E-state index contributed by atoms with van der Waals surface area (Å²) >= 11 is 0. The standard InChI is InChI=1S/C5H12O2Si/c1-8(2,3)5-7-4-6/h4H,5H2,1-3H3. The maximum absolute atomic E-state index is 9.65. The van der Waals surface area contributed by atoms with E-state index in [4.69, 9.17) is 0 Å². The maximum Gasteiger partial charge on any atom is 0.292 e. The van der Waals surface area contributed by atoms with Crippen LogP contribution in [-0.2, 0) is 9.53 Å². The van der Waals surface area contributed by atoms with Crippen molar-refractivity contribution in [2.45, 2.75) is 19.6 Å². The molecule has 0 fully saturated rings. The van der Waals surface area contributed by atoms with Gasteiger partial charge in [-0.25, -0.2) is 0 Å². The summed E-state index contributed by atoms with van der Waals surface area (Å²) in [6.45, 7) is 6.96. The molecule has 48 valence electrons. The molecule has 0 bridgehead atoms. The molecule has 0 radical (unpaired) electrons. The normalized spacial score (nSPS) is 10.9. The predicted molar refractivity (Wildman–Crippen MR) is 35.4 cm³/mol. The fraction of sp³-hybridized carbons (Fsp3) is 0.800. The zero-order valence-corrected chi connectivity index (χ0v) is 6.60. The van der Waals surface area contributed by atoms with Crippen LogP contribution in [0.15, 0.2) is 0 Å².